The van der Waals surface area contributed by atoms with Crippen LogP contribution in [0.15, 0.2) is 36.4 Å². The Morgan fingerprint density at radius 2 is 1.89 bits per heavy atom. The van der Waals surface area contributed by atoms with Crippen molar-refractivity contribution < 1.29 is 14.6 Å². The molecular weight excluding hydrogens is 248 g/mol. The summed E-state index contributed by atoms with van der Waals surface area (Å²) in [7, 11) is 1.63. The second-order valence-electron chi connectivity index (χ2n) is 3.61. The standard InChI is InChI=1S/C14H12O3S/c1-17-11-5-2-10(3-6-11)4-7-12-8-9-13(18-12)14(15)16/h2-9H,1H3,(H,15,16)/b7-4+. The summed E-state index contributed by atoms with van der Waals surface area (Å²) in [4.78, 5) is 12.0. The maximum Gasteiger partial charge on any atom is 0.345 e. The van der Waals surface area contributed by atoms with Crippen molar-refractivity contribution in [2.45, 2.75) is 0 Å². The lowest BCUT2D eigenvalue weighted by molar-refractivity contribution is 0.0702. The first-order valence-electron chi connectivity index (χ1n) is 5.34. The van der Waals surface area contributed by atoms with Gasteiger partial charge >= 0.3 is 5.97 Å². The number of methoxy groups -OCH3 is 1. The fourth-order valence-corrected chi connectivity index (χ4v) is 2.20. The molecule has 0 spiro atoms. The number of ether oxygens (including phenoxy) is 1. The largest absolute Gasteiger partial charge is 0.497 e. The normalized spacial score (nSPS) is 10.7. The summed E-state index contributed by atoms with van der Waals surface area (Å²) in [6.45, 7) is 0. The van der Waals surface area contributed by atoms with Crippen LogP contribution in [-0.2, 0) is 0 Å². The molecule has 1 N–H and O–H groups in total. The summed E-state index contributed by atoms with van der Waals surface area (Å²) >= 11 is 1.26. The molecular formula is C14H12O3S. The van der Waals surface area contributed by atoms with E-state index in [-0.39, 0.29) is 0 Å². The van der Waals surface area contributed by atoms with Crippen molar-refractivity contribution in [3.63, 3.8) is 0 Å². The molecule has 2 rings (SSSR count). The minimum Gasteiger partial charge on any atom is -0.497 e. The number of carboxylic acid groups (broad SMARTS) is 1. The summed E-state index contributed by atoms with van der Waals surface area (Å²) in [6.07, 6.45) is 3.84. The zero-order chi connectivity index (χ0) is 13.0. The van der Waals surface area contributed by atoms with Gasteiger partial charge in [0, 0.05) is 4.88 Å². The first kappa shape index (κ1) is 12.4. The molecule has 92 valence electrons. The Morgan fingerprint density at radius 1 is 1.17 bits per heavy atom. The summed E-state index contributed by atoms with van der Waals surface area (Å²) in [6, 6.07) is 11.1. The van der Waals surface area contributed by atoms with E-state index in [2.05, 4.69) is 0 Å². The van der Waals surface area contributed by atoms with Gasteiger partial charge in [-0.15, -0.1) is 11.3 Å². The van der Waals surface area contributed by atoms with E-state index < -0.39 is 5.97 Å². The molecule has 2 aromatic rings. The van der Waals surface area contributed by atoms with Gasteiger partial charge in [0.2, 0.25) is 0 Å². The number of thiophene rings is 1. The lowest BCUT2D eigenvalue weighted by Crippen LogP contribution is -1.89. The minimum atomic E-state index is -0.885. The van der Waals surface area contributed by atoms with Gasteiger partial charge in [-0.05, 0) is 35.9 Å². The number of benzene rings is 1. The van der Waals surface area contributed by atoms with Crippen molar-refractivity contribution in [1.29, 1.82) is 0 Å². The zero-order valence-electron chi connectivity index (χ0n) is 9.79. The highest BCUT2D eigenvalue weighted by molar-refractivity contribution is 7.14. The van der Waals surface area contributed by atoms with Gasteiger partial charge in [-0.1, -0.05) is 18.2 Å². The van der Waals surface area contributed by atoms with Crippen LogP contribution in [0.25, 0.3) is 12.2 Å². The summed E-state index contributed by atoms with van der Waals surface area (Å²) < 4.78 is 5.07. The van der Waals surface area contributed by atoms with Crippen LogP contribution in [0.1, 0.15) is 20.1 Å². The molecule has 0 aliphatic heterocycles. The van der Waals surface area contributed by atoms with E-state index in [0.717, 1.165) is 16.2 Å². The van der Waals surface area contributed by atoms with Crippen molar-refractivity contribution in [1.82, 2.24) is 0 Å². The first-order valence-corrected chi connectivity index (χ1v) is 6.16. The van der Waals surface area contributed by atoms with Crippen molar-refractivity contribution in [2.24, 2.45) is 0 Å². The van der Waals surface area contributed by atoms with E-state index in [1.807, 2.05) is 36.4 Å². The van der Waals surface area contributed by atoms with E-state index in [9.17, 15) is 4.79 Å². The molecule has 0 aliphatic rings. The Morgan fingerprint density at radius 3 is 2.44 bits per heavy atom. The van der Waals surface area contributed by atoms with Gasteiger partial charge in [0.15, 0.2) is 0 Å². The Kier molecular flexibility index (Phi) is 3.79. The molecule has 1 aromatic carbocycles. The maximum absolute atomic E-state index is 10.7. The molecule has 0 bridgehead atoms. The fraction of sp³-hybridized carbons (Fsp3) is 0.0714. The summed E-state index contributed by atoms with van der Waals surface area (Å²) in [5.74, 6) is -0.0689. The number of carbonyl (C=O) groups is 1. The molecule has 0 saturated heterocycles. The van der Waals surface area contributed by atoms with E-state index in [1.165, 1.54) is 11.3 Å². The van der Waals surface area contributed by atoms with Crippen LogP contribution < -0.4 is 4.74 Å². The number of rotatable bonds is 4. The first-order chi connectivity index (χ1) is 8.69. The van der Waals surface area contributed by atoms with Crippen molar-refractivity contribution in [2.75, 3.05) is 7.11 Å². The molecule has 0 atom stereocenters. The minimum absolute atomic E-state index is 0.351. The van der Waals surface area contributed by atoms with E-state index in [0.29, 0.717) is 4.88 Å². The van der Waals surface area contributed by atoms with Crippen LogP contribution in [0.3, 0.4) is 0 Å². The monoisotopic (exact) mass is 260 g/mol. The van der Waals surface area contributed by atoms with E-state index in [4.69, 9.17) is 9.84 Å². The van der Waals surface area contributed by atoms with E-state index in [1.54, 1.807) is 19.2 Å². The lowest BCUT2D eigenvalue weighted by Gasteiger charge is -1.98. The molecule has 0 amide bonds. The Balaban J connectivity index is 2.11. The molecule has 1 aromatic heterocycles. The second-order valence-corrected chi connectivity index (χ2v) is 4.73. The smallest absolute Gasteiger partial charge is 0.345 e. The van der Waals surface area contributed by atoms with E-state index >= 15 is 0 Å². The van der Waals surface area contributed by atoms with Crippen LogP contribution in [0.5, 0.6) is 5.75 Å². The van der Waals surface area contributed by atoms with Gasteiger partial charge in [-0.2, -0.15) is 0 Å². The highest BCUT2D eigenvalue weighted by Crippen LogP contribution is 2.20. The molecule has 18 heavy (non-hydrogen) atoms. The highest BCUT2D eigenvalue weighted by Gasteiger charge is 2.04. The predicted molar refractivity (Wildman–Crippen MR) is 73.2 cm³/mol. The van der Waals surface area contributed by atoms with Crippen LogP contribution in [-0.4, -0.2) is 18.2 Å². The average Bonchev–Trinajstić information content (AvgIpc) is 2.86. The topological polar surface area (TPSA) is 46.5 Å². The van der Waals surface area contributed by atoms with Gasteiger partial charge in [0.05, 0.1) is 7.11 Å². The third-order valence-corrected chi connectivity index (χ3v) is 3.43. The molecule has 0 radical (unpaired) electrons. The number of hydrogen-bond donors (Lipinski definition) is 1. The van der Waals surface area contributed by atoms with Crippen molar-refractivity contribution in [3.8, 4) is 5.75 Å². The van der Waals surface area contributed by atoms with Gasteiger partial charge in [-0.25, -0.2) is 4.79 Å². The van der Waals surface area contributed by atoms with Crippen LogP contribution in [0.4, 0.5) is 0 Å². The quantitative estimate of drug-likeness (QED) is 0.913. The molecule has 4 heteroatoms. The number of hydrogen-bond acceptors (Lipinski definition) is 3. The SMILES string of the molecule is COc1ccc(/C=C/c2ccc(C(=O)O)s2)cc1. The molecule has 0 saturated carbocycles. The highest BCUT2D eigenvalue weighted by atomic mass is 32.1. The third kappa shape index (κ3) is 2.99. The van der Waals surface area contributed by atoms with Gasteiger partial charge in [0.1, 0.15) is 10.6 Å². The summed E-state index contributed by atoms with van der Waals surface area (Å²) in [5.41, 5.74) is 1.04. The molecule has 1 heterocycles. The van der Waals surface area contributed by atoms with Crippen molar-refractivity contribution >= 4 is 29.5 Å². The van der Waals surface area contributed by atoms with Gasteiger partial charge < -0.3 is 9.84 Å². The molecule has 0 aliphatic carbocycles. The molecule has 3 nitrogen and oxygen atoms in total. The van der Waals surface area contributed by atoms with Gasteiger partial charge in [0.25, 0.3) is 0 Å². The molecule has 0 unspecified atom stereocenters. The fourth-order valence-electron chi connectivity index (χ4n) is 1.45. The summed E-state index contributed by atoms with van der Waals surface area (Å²) in [5, 5.41) is 8.81. The Labute approximate surface area is 109 Å². The lowest BCUT2D eigenvalue weighted by atomic mass is 10.2. The molecule has 0 fully saturated rings. The van der Waals surface area contributed by atoms with Crippen molar-refractivity contribution in [3.05, 3.63) is 51.7 Å². The van der Waals surface area contributed by atoms with Crippen LogP contribution in [0, 0.1) is 0 Å². The Hall–Kier alpha value is -2.07. The van der Waals surface area contributed by atoms with Crippen LogP contribution >= 0.6 is 11.3 Å². The second kappa shape index (κ2) is 5.51. The average molecular weight is 260 g/mol. The van der Waals surface area contributed by atoms with Gasteiger partial charge in [-0.3, -0.25) is 0 Å². The third-order valence-electron chi connectivity index (χ3n) is 2.39. The predicted octanol–water partition coefficient (Wildman–Crippen LogP) is 3.63. The zero-order valence-corrected chi connectivity index (χ0v) is 10.6. The Bertz CT molecular complexity index is 567. The van der Waals surface area contributed by atoms with Crippen LogP contribution in [0.2, 0.25) is 0 Å². The number of aromatic carboxylic acids is 1. The maximum atomic E-state index is 10.7. The number of carboxylic acids is 1.